The van der Waals surface area contributed by atoms with Crippen molar-refractivity contribution in [3.63, 3.8) is 0 Å². The highest BCUT2D eigenvalue weighted by atomic mass is 16.5. The van der Waals surface area contributed by atoms with Crippen LogP contribution in [0.1, 0.15) is 53.3 Å². The second kappa shape index (κ2) is 6.70. The van der Waals surface area contributed by atoms with E-state index in [1.54, 1.807) is 7.11 Å². The molecule has 1 N–H and O–H groups in total. The van der Waals surface area contributed by atoms with Gasteiger partial charge >= 0.3 is 0 Å². The summed E-state index contributed by atoms with van der Waals surface area (Å²) in [4.78, 5) is 1.97. The van der Waals surface area contributed by atoms with Crippen molar-refractivity contribution in [2.75, 3.05) is 27.3 Å². The van der Waals surface area contributed by atoms with Crippen molar-refractivity contribution in [1.29, 1.82) is 0 Å². The van der Waals surface area contributed by atoms with Crippen LogP contribution in [-0.4, -0.2) is 43.4 Å². The van der Waals surface area contributed by atoms with E-state index in [4.69, 9.17) is 19.1 Å². The average molecular weight is 326 g/mol. The molecular formula is C19H29NO3. The van der Waals surface area contributed by atoms with Gasteiger partial charge in [-0.25, -0.2) is 0 Å². The average Bonchev–Trinajstić information content (AvgIpc) is 2.64. The summed E-state index contributed by atoms with van der Waals surface area (Å²) in [7, 11) is 3.08. The third kappa shape index (κ3) is 3.20. The predicted molar refractivity (Wildman–Crippen MR) is 91.1 cm³/mol. The lowest BCUT2D eigenvalue weighted by Crippen LogP contribution is -2.48. The number of aliphatic hydroxyl groups is 1. The summed E-state index contributed by atoms with van der Waals surface area (Å²) in [6, 6.07) is 3.37. The lowest BCUT2D eigenvalue weighted by Gasteiger charge is -2.46. The van der Waals surface area contributed by atoms with E-state index in [-0.39, 0.29) is 19.0 Å². The van der Waals surface area contributed by atoms with Crippen LogP contribution in [0.15, 0.2) is 12.1 Å². The number of nitrogens with zero attached hydrogens (tertiary/aromatic N) is 1. The van der Waals surface area contributed by atoms with Crippen LogP contribution in [0.4, 0.5) is 0 Å². The van der Waals surface area contributed by atoms with Gasteiger partial charge in [0.15, 0.2) is 11.5 Å². The van der Waals surface area contributed by atoms with E-state index in [1.807, 2.05) is 17.0 Å². The van der Waals surface area contributed by atoms with Crippen LogP contribution in [0.3, 0.4) is 0 Å². The highest BCUT2D eigenvalue weighted by Crippen LogP contribution is 2.43. The molecule has 1 saturated heterocycles. The van der Waals surface area contributed by atoms with Crippen LogP contribution in [0.5, 0.6) is 11.5 Å². The first-order chi connectivity index (χ1) is 13.7. The molecule has 2 aliphatic heterocycles. The highest BCUT2D eigenvalue weighted by Gasteiger charge is 2.38. The summed E-state index contributed by atoms with van der Waals surface area (Å²) in [6.07, 6.45) is -4.29. The van der Waals surface area contributed by atoms with Gasteiger partial charge in [-0.15, -0.1) is 0 Å². The minimum absolute atomic E-state index is 0.0179. The Bertz CT molecular complexity index is 810. The Kier molecular flexibility index (Phi) is 2.88. The number of piperidine rings is 1. The first kappa shape index (κ1) is 9.90. The van der Waals surface area contributed by atoms with Gasteiger partial charge in [0.2, 0.25) is 0 Å². The van der Waals surface area contributed by atoms with Crippen molar-refractivity contribution in [1.82, 2.24) is 4.90 Å². The van der Waals surface area contributed by atoms with Crippen LogP contribution in [0, 0.1) is 11.8 Å². The van der Waals surface area contributed by atoms with Crippen molar-refractivity contribution < 1.29 is 24.2 Å². The minimum Gasteiger partial charge on any atom is -0.493 e. The topological polar surface area (TPSA) is 41.9 Å². The quantitative estimate of drug-likeness (QED) is 0.923. The molecule has 0 bridgehead atoms. The molecule has 0 aliphatic carbocycles. The molecule has 0 amide bonds. The van der Waals surface area contributed by atoms with Gasteiger partial charge in [-0.3, -0.25) is 4.90 Å². The molecule has 2 heterocycles. The molecule has 0 aromatic heterocycles. The van der Waals surface area contributed by atoms with E-state index in [9.17, 15) is 5.11 Å². The van der Waals surface area contributed by atoms with Gasteiger partial charge in [0.1, 0.15) is 0 Å². The maximum Gasteiger partial charge on any atom is 0.161 e. The number of hydrogen-bond donors (Lipinski definition) is 1. The van der Waals surface area contributed by atoms with E-state index in [2.05, 4.69) is 0 Å². The Morgan fingerprint density at radius 3 is 2.91 bits per heavy atom. The van der Waals surface area contributed by atoms with Crippen molar-refractivity contribution in [2.45, 2.75) is 45.1 Å². The summed E-state index contributed by atoms with van der Waals surface area (Å²) >= 11 is 0. The lowest BCUT2D eigenvalue weighted by atomic mass is 9.79. The molecule has 4 nitrogen and oxygen atoms in total. The van der Waals surface area contributed by atoms with E-state index in [0.29, 0.717) is 24.5 Å². The van der Waals surface area contributed by atoms with Crippen molar-refractivity contribution in [3.8, 4) is 11.5 Å². The standard InChI is InChI=1S/C19H29NO3/c1-12(2)7-14-11-20-6-5-13-8-18(22-3)19(23-4)9-15(13)16(20)10-17(14)21/h8-9,12,14,16-17,21H,5-7,10-11H2,1-4H3/t14-,16-,17+/m0/s1/i1D3,7D2,12D,17D/t12?,14-,16-,17+. The number of rotatable bonds is 4. The van der Waals surface area contributed by atoms with Crippen LogP contribution in [0.2, 0.25) is 0 Å². The monoisotopic (exact) mass is 326 g/mol. The van der Waals surface area contributed by atoms with E-state index >= 15 is 0 Å². The molecule has 1 aromatic carbocycles. The van der Waals surface area contributed by atoms with Gasteiger partial charge in [-0.05, 0) is 54.3 Å². The number of benzene rings is 1. The molecule has 0 saturated carbocycles. The third-order valence-corrected chi connectivity index (χ3v) is 4.73. The molecule has 0 spiro atoms. The third-order valence-electron chi connectivity index (χ3n) is 4.73. The fourth-order valence-electron chi connectivity index (χ4n) is 3.61. The highest BCUT2D eigenvalue weighted by molar-refractivity contribution is 5.49. The second-order valence-electron chi connectivity index (χ2n) is 6.18. The molecule has 3 rings (SSSR count). The van der Waals surface area contributed by atoms with Gasteiger partial charge in [-0.2, -0.15) is 0 Å². The Balaban J connectivity index is 1.99. The van der Waals surface area contributed by atoms with Crippen LogP contribution >= 0.6 is 0 Å². The predicted octanol–water partition coefficient (Wildman–Crippen LogP) is 3.03. The summed E-state index contributed by atoms with van der Waals surface area (Å²) in [5.74, 6) is -2.70. The van der Waals surface area contributed by atoms with Gasteiger partial charge in [0.25, 0.3) is 0 Å². The van der Waals surface area contributed by atoms with Crippen molar-refractivity contribution in [3.05, 3.63) is 23.3 Å². The van der Waals surface area contributed by atoms with Gasteiger partial charge in [0, 0.05) is 27.4 Å². The zero-order valence-corrected chi connectivity index (χ0v) is 13.8. The molecule has 4 atom stereocenters. The Hall–Kier alpha value is -1.26. The van der Waals surface area contributed by atoms with Crippen molar-refractivity contribution >= 4 is 0 Å². The normalized spacial score (nSPS) is 38.9. The van der Waals surface area contributed by atoms with Crippen LogP contribution in [0.25, 0.3) is 0 Å². The van der Waals surface area contributed by atoms with Crippen LogP contribution in [-0.2, 0) is 6.42 Å². The van der Waals surface area contributed by atoms with E-state index in [1.165, 1.54) is 7.11 Å². The number of methoxy groups -OCH3 is 2. The number of hydrogen-bond acceptors (Lipinski definition) is 4. The first-order valence-corrected chi connectivity index (χ1v) is 7.88. The Morgan fingerprint density at radius 2 is 2.22 bits per heavy atom. The summed E-state index contributed by atoms with van der Waals surface area (Å²) in [5.41, 5.74) is 1.90. The first-order valence-electron chi connectivity index (χ1n) is 11.4. The van der Waals surface area contributed by atoms with Crippen LogP contribution < -0.4 is 9.47 Å². The Labute approximate surface area is 149 Å². The smallest absolute Gasteiger partial charge is 0.161 e. The summed E-state index contributed by atoms with van der Waals surface area (Å²) in [5, 5.41) is 11.0. The molecule has 2 aliphatic rings. The van der Waals surface area contributed by atoms with Gasteiger partial charge in [0.05, 0.1) is 21.7 Å². The SMILES string of the molecule is [2H]C([2H])([2H])C([2H])(C)C([2H])([2H])[C@H]1CN2CCc3cc(OC)c(OC)cc3[C@@H]2C[C@@]1([2H])O. The molecule has 23 heavy (non-hydrogen) atoms. The van der Waals surface area contributed by atoms with E-state index in [0.717, 1.165) is 18.1 Å². The maximum absolute atomic E-state index is 11.0. The number of ether oxygens (including phenoxy) is 2. The van der Waals surface area contributed by atoms with Crippen molar-refractivity contribution in [2.24, 2.45) is 11.8 Å². The maximum atomic E-state index is 11.0. The van der Waals surface area contributed by atoms with Gasteiger partial charge < -0.3 is 14.6 Å². The molecular weight excluding hydrogens is 290 g/mol. The molecule has 128 valence electrons. The Morgan fingerprint density at radius 1 is 1.48 bits per heavy atom. The molecule has 0 radical (unpaired) electrons. The second-order valence-corrected chi connectivity index (χ2v) is 6.18. The molecule has 4 heteroatoms. The lowest BCUT2D eigenvalue weighted by molar-refractivity contribution is -0.0191. The molecule has 1 fully saturated rings. The fourth-order valence-corrected chi connectivity index (χ4v) is 3.61. The van der Waals surface area contributed by atoms with Gasteiger partial charge in [-0.1, -0.05) is 13.8 Å². The summed E-state index contributed by atoms with van der Waals surface area (Å²) < 4.78 is 67.4. The largest absolute Gasteiger partial charge is 0.493 e. The fraction of sp³-hybridized carbons (Fsp3) is 0.684. The molecule has 1 unspecified atom stereocenters. The summed E-state index contributed by atoms with van der Waals surface area (Å²) in [6.45, 7) is -1.33. The zero-order chi connectivity index (χ0) is 22.7. The van der Waals surface area contributed by atoms with E-state index < -0.39 is 31.1 Å². The minimum atomic E-state index is -2.90. The zero-order valence-electron chi connectivity index (χ0n) is 20.8. The number of fused-ring (bicyclic) bond motifs is 3. The molecule has 1 aromatic rings.